The van der Waals surface area contributed by atoms with E-state index in [1.807, 2.05) is 0 Å². The van der Waals surface area contributed by atoms with Gasteiger partial charge in [-0.25, -0.2) is 13.2 Å². The minimum absolute atomic E-state index is 0.0930. The van der Waals surface area contributed by atoms with Crippen LogP contribution >= 0.6 is 0 Å². The molecular formula is C16H14F3NO2. The number of aliphatic hydroxyl groups excluding tert-OH is 1. The van der Waals surface area contributed by atoms with Gasteiger partial charge in [0.25, 0.3) is 0 Å². The summed E-state index contributed by atoms with van der Waals surface area (Å²) in [6.07, 6.45) is -1.60. The summed E-state index contributed by atoms with van der Waals surface area (Å²) >= 11 is 0. The highest BCUT2D eigenvalue weighted by Gasteiger charge is 2.18. The first-order chi connectivity index (χ1) is 10.5. The zero-order valence-corrected chi connectivity index (χ0v) is 11.5. The van der Waals surface area contributed by atoms with E-state index in [2.05, 4.69) is 5.32 Å². The number of nitrogens with one attached hydrogen (secondary N) is 1. The molecule has 3 nitrogen and oxygen atoms in total. The highest BCUT2D eigenvalue weighted by molar-refractivity contribution is 5.78. The summed E-state index contributed by atoms with van der Waals surface area (Å²) in [6, 6.07) is 8.76. The van der Waals surface area contributed by atoms with E-state index in [-0.39, 0.29) is 13.0 Å². The van der Waals surface area contributed by atoms with Crippen LogP contribution < -0.4 is 5.32 Å². The van der Waals surface area contributed by atoms with E-state index < -0.39 is 35.0 Å². The van der Waals surface area contributed by atoms with Gasteiger partial charge in [0.1, 0.15) is 23.6 Å². The van der Waals surface area contributed by atoms with E-state index in [9.17, 15) is 23.1 Å². The van der Waals surface area contributed by atoms with E-state index in [1.54, 1.807) is 6.07 Å². The maximum absolute atomic E-state index is 13.5. The van der Waals surface area contributed by atoms with Crippen LogP contribution in [-0.2, 0) is 11.2 Å². The Bertz CT molecular complexity index is 656. The molecule has 2 aromatic carbocycles. The Hall–Kier alpha value is -2.34. The summed E-state index contributed by atoms with van der Waals surface area (Å²) < 4.78 is 39.9. The van der Waals surface area contributed by atoms with Gasteiger partial charge >= 0.3 is 0 Å². The van der Waals surface area contributed by atoms with E-state index in [1.165, 1.54) is 24.3 Å². The number of aliphatic hydroxyl groups is 1. The van der Waals surface area contributed by atoms with Crippen molar-refractivity contribution in [2.45, 2.75) is 12.5 Å². The van der Waals surface area contributed by atoms with Gasteiger partial charge in [0, 0.05) is 6.54 Å². The standard InChI is InChI=1S/C16H14F3NO2/c17-11-4-1-3-10(7-11)8-15(22)20-9-14(21)16-12(18)5-2-6-13(16)19/h1-7,14,21H,8-9H2,(H,20,22). The van der Waals surface area contributed by atoms with Crippen LogP contribution in [0.25, 0.3) is 0 Å². The topological polar surface area (TPSA) is 49.3 Å². The molecule has 0 aliphatic carbocycles. The molecule has 0 aliphatic rings. The molecule has 6 heteroatoms. The van der Waals surface area contributed by atoms with Crippen molar-refractivity contribution in [3.05, 3.63) is 71.0 Å². The van der Waals surface area contributed by atoms with E-state index in [4.69, 9.17) is 0 Å². The molecule has 1 unspecified atom stereocenters. The van der Waals surface area contributed by atoms with Gasteiger partial charge in [0.05, 0.1) is 12.0 Å². The minimum Gasteiger partial charge on any atom is -0.386 e. The Labute approximate surface area is 125 Å². The molecule has 0 saturated carbocycles. The zero-order valence-electron chi connectivity index (χ0n) is 11.5. The molecule has 2 rings (SSSR count). The molecule has 0 bridgehead atoms. The molecule has 0 aromatic heterocycles. The number of rotatable bonds is 5. The zero-order chi connectivity index (χ0) is 16.1. The first-order valence-corrected chi connectivity index (χ1v) is 6.60. The fourth-order valence-corrected chi connectivity index (χ4v) is 2.04. The predicted molar refractivity (Wildman–Crippen MR) is 74.4 cm³/mol. The van der Waals surface area contributed by atoms with Crippen LogP contribution in [0.1, 0.15) is 17.2 Å². The van der Waals surface area contributed by atoms with Crippen LogP contribution in [0.4, 0.5) is 13.2 Å². The number of benzene rings is 2. The van der Waals surface area contributed by atoms with Gasteiger partial charge < -0.3 is 10.4 Å². The molecule has 0 heterocycles. The first-order valence-electron chi connectivity index (χ1n) is 6.60. The van der Waals surface area contributed by atoms with Gasteiger partial charge in [-0.05, 0) is 29.8 Å². The van der Waals surface area contributed by atoms with Crippen molar-refractivity contribution >= 4 is 5.91 Å². The van der Waals surface area contributed by atoms with Gasteiger partial charge in [0.2, 0.25) is 5.91 Å². The smallest absolute Gasteiger partial charge is 0.224 e. The summed E-state index contributed by atoms with van der Waals surface area (Å²) in [6.45, 7) is -0.341. The third-order valence-electron chi connectivity index (χ3n) is 3.08. The van der Waals surface area contributed by atoms with E-state index in [0.717, 1.165) is 12.1 Å². The Balaban J connectivity index is 1.93. The second-order valence-electron chi connectivity index (χ2n) is 4.76. The number of carbonyl (C=O) groups is 1. The highest BCUT2D eigenvalue weighted by Crippen LogP contribution is 2.19. The van der Waals surface area contributed by atoms with Crippen LogP contribution in [0.2, 0.25) is 0 Å². The van der Waals surface area contributed by atoms with Gasteiger partial charge in [-0.3, -0.25) is 4.79 Å². The maximum Gasteiger partial charge on any atom is 0.224 e. The van der Waals surface area contributed by atoms with Crippen LogP contribution in [0, 0.1) is 17.5 Å². The van der Waals surface area contributed by atoms with Crippen LogP contribution in [0.3, 0.4) is 0 Å². The van der Waals surface area contributed by atoms with Crippen molar-refractivity contribution in [3.8, 4) is 0 Å². The molecule has 2 aromatic rings. The molecule has 0 radical (unpaired) electrons. The first kappa shape index (κ1) is 16.0. The normalized spacial score (nSPS) is 12.0. The molecule has 22 heavy (non-hydrogen) atoms. The number of halogens is 3. The lowest BCUT2D eigenvalue weighted by Gasteiger charge is -2.14. The summed E-state index contributed by atoms with van der Waals surface area (Å²) in [7, 11) is 0. The SMILES string of the molecule is O=C(Cc1cccc(F)c1)NCC(O)c1c(F)cccc1F. The number of carbonyl (C=O) groups excluding carboxylic acids is 1. The van der Waals surface area contributed by atoms with Crippen molar-refractivity contribution in [2.24, 2.45) is 0 Å². The van der Waals surface area contributed by atoms with Gasteiger partial charge in [-0.2, -0.15) is 0 Å². The fraction of sp³-hybridized carbons (Fsp3) is 0.188. The minimum atomic E-state index is -1.50. The van der Waals surface area contributed by atoms with E-state index in [0.29, 0.717) is 5.56 Å². The molecule has 1 amide bonds. The van der Waals surface area contributed by atoms with Crippen LogP contribution in [-0.4, -0.2) is 17.6 Å². The van der Waals surface area contributed by atoms with Crippen molar-refractivity contribution < 1.29 is 23.1 Å². The quantitative estimate of drug-likeness (QED) is 0.891. The average molecular weight is 309 g/mol. The van der Waals surface area contributed by atoms with Crippen molar-refractivity contribution in [3.63, 3.8) is 0 Å². The van der Waals surface area contributed by atoms with Gasteiger partial charge in [0.15, 0.2) is 0 Å². The Morgan fingerprint density at radius 3 is 2.36 bits per heavy atom. The van der Waals surface area contributed by atoms with Crippen LogP contribution in [0.15, 0.2) is 42.5 Å². The lowest BCUT2D eigenvalue weighted by molar-refractivity contribution is -0.120. The monoisotopic (exact) mass is 309 g/mol. The highest BCUT2D eigenvalue weighted by atomic mass is 19.1. The van der Waals surface area contributed by atoms with Gasteiger partial charge in [-0.1, -0.05) is 18.2 Å². The summed E-state index contributed by atoms with van der Waals surface area (Å²) in [5, 5.41) is 12.1. The molecule has 0 aliphatic heterocycles. The Kier molecular flexibility index (Phi) is 5.16. The predicted octanol–water partition coefficient (Wildman–Crippen LogP) is 2.50. The summed E-state index contributed by atoms with van der Waals surface area (Å²) in [5.74, 6) is -2.71. The van der Waals surface area contributed by atoms with Crippen molar-refractivity contribution in [1.82, 2.24) is 5.32 Å². The maximum atomic E-state index is 13.5. The number of hydrogen-bond acceptors (Lipinski definition) is 2. The molecular weight excluding hydrogens is 295 g/mol. The average Bonchev–Trinajstić information content (AvgIpc) is 2.45. The third-order valence-corrected chi connectivity index (χ3v) is 3.08. The fourth-order valence-electron chi connectivity index (χ4n) is 2.04. The second kappa shape index (κ2) is 7.09. The van der Waals surface area contributed by atoms with Crippen LogP contribution in [0.5, 0.6) is 0 Å². The van der Waals surface area contributed by atoms with Gasteiger partial charge in [-0.15, -0.1) is 0 Å². The largest absolute Gasteiger partial charge is 0.386 e. The second-order valence-corrected chi connectivity index (χ2v) is 4.76. The molecule has 0 saturated heterocycles. The molecule has 116 valence electrons. The van der Waals surface area contributed by atoms with Crippen molar-refractivity contribution in [2.75, 3.05) is 6.54 Å². The van der Waals surface area contributed by atoms with Crippen molar-refractivity contribution in [1.29, 1.82) is 0 Å². The molecule has 0 spiro atoms. The summed E-state index contributed by atoms with van der Waals surface area (Å²) in [5.41, 5.74) is -0.0300. The Morgan fingerprint density at radius 2 is 1.73 bits per heavy atom. The Morgan fingerprint density at radius 1 is 1.09 bits per heavy atom. The third kappa shape index (κ3) is 4.08. The molecule has 1 atom stereocenters. The molecule has 2 N–H and O–H groups in total. The summed E-state index contributed by atoms with van der Waals surface area (Å²) in [4.78, 5) is 11.7. The lowest BCUT2D eigenvalue weighted by atomic mass is 10.1. The molecule has 0 fully saturated rings. The number of hydrogen-bond donors (Lipinski definition) is 2. The number of amides is 1. The van der Waals surface area contributed by atoms with E-state index >= 15 is 0 Å². The lowest BCUT2D eigenvalue weighted by Crippen LogP contribution is -2.30.